The van der Waals surface area contributed by atoms with Crippen LogP contribution in [-0.4, -0.2) is 11.5 Å². The van der Waals surface area contributed by atoms with E-state index in [4.69, 9.17) is 10.8 Å². The van der Waals surface area contributed by atoms with E-state index in [2.05, 4.69) is 21.1 Å². The molecule has 0 aliphatic heterocycles. The molecule has 0 aliphatic carbocycles. The van der Waals surface area contributed by atoms with Crippen molar-refractivity contribution in [2.45, 2.75) is 6.42 Å². The zero-order valence-electron chi connectivity index (χ0n) is 8.51. The van der Waals surface area contributed by atoms with Crippen LogP contribution in [0.2, 0.25) is 0 Å². The van der Waals surface area contributed by atoms with E-state index in [9.17, 15) is 0 Å². The molecule has 0 amide bonds. The molecule has 0 atom stereocenters. The van der Waals surface area contributed by atoms with Crippen LogP contribution < -0.4 is 0 Å². The fourth-order valence-electron chi connectivity index (χ4n) is 1.64. The lowest BCUT2D eigenvalue weighted by Gasteiger charge is -1.98. The van der Waals surface area contributed by atoms with E-state index >= 15 is 0 Å². The Kier molecular flexibility index (Phi) is 2.77. The van der Waals surface area contributed by atoms with Gasteiger partial charge in [0.05, 0.1) is 5.56 Å². The second-order valence-corrected chi connectivity index (χ2v) is 3.40. The van der Waals surface area contributed by atoms with Gasteiger partial charge in [-0.3, -0.25) is 0 Å². The van der Waals surface area contributed by atoms with Gasteiger partial charge in [0.1, 0.15) is 6.07 Å². The maximum atomic E-state index is 8.89. The summed E-state index contributed by atoms with van der Waals surface area (Å²) in [6.45, 7) is 0.439. The van der Waals surface area contributed by atoms with Gasteiger partial charge in [-0.2, -0.15) is 5.26 Å². The van der Waals surface area contributed by atoms with Gasteiger partial charge in [0, 0.05) is 28.6 Å². The molecule has 0 fully saturated rings. The van der Waals surface area contributed by atoms with Gasteiger partial charge in [0.2, 0.25) is 0 Å². The van der Waals surface area contributed by atoms with Crippen molar-refractivity contribution in [1.29, 1.82) is 5.26 Å². The number of rotatable bonds is 3. The SMILES string of the molecule is N#Cc1c[nH]c2ccc(CCN=[N+]=[N-])cc12. The minimum Gasteiger partial charge on any atom is -0.360 e. The number of aromatic amines is 1. The topological polar surface area (TPSA) is 88.3 Å². The van der Waals surface area contributed by atoms with Gasteiger partial charge < -0.3 is 4.98 Å². The summed E-state index contributed by atoms with van der Waals surface area (Å²) >= 11 is 0. The minimum atomic E-state index is 0.439. The first-order valence-electron chi connectivity index (χ1n) is 4.86. The molecule has 16 heavy (non-hydrogen) atoms. The van der Waals surface area contributed by atoms with Crippen molar-refractivity contribution < 1.29 is 0 Å². The predicted molar refractivity (Wildman–Crippen MR) is 60.7 cm³/mol. The number of hydrogen-bond donors (Lipinski definition) is 1. The Morgan fingerprint density at radius 1 is 1.50 bits per heavy atom. The average Bonchev–Trinajstić information content (AvgIpc) is 2.71. The summed E-state index contributed by atoms with van der Waals surface area (Å²) in [7, 11) is 0. The van der Waals surface area contributed by atoms with Crippen molar-refractivity contribution in [3.05, 3.63) is 46.0 Å². The molecule has 1 N–H and O–H groups in total. The molecule has 2 rings (SSSR count). The van der Waals surface area contributed by atoms with Crippen LogP contribution in [0.5, 0.6) is 0 Å². The molecule has 1 aromatic carbocycles. The third-order valence-electron chi connectivity index (χ3n) is 2.43. The molecule has 0 radical (unpaired) electrons. The highest BCUT2D eigenvalue weighted by atomic mass is 15.1. The van der Waals surface area contributed by atoms with Gasteiger partial charge in [0.25, 0.3) is 0 Å². The Balaban J connectivity index is 2.35. The maximum absolute atomic E-state index is 8.89. The van der Waals surface area contributed by atoms with Gasteiger partial charge in [-0.15, -0.1) is 0 Å². The van der Waals surface area contributed by atoms with Crippen LogP contribution in [0.4, 0.5) is 0 Å². The van der Waals surface area contributed by atoms with Crippen LogP contribution in [0.3, 0.4) is 0 Å². The van der Waals surface area contributed by atoms with E-state index in [1.807, 2.05) is 18.2 Å². The predicted octanol–water partition coefficient (Wildman–Crippen LogP) is 2.89. The summed E-state index contributed by atoms with van der Waals surface area (Å²) in [5.74, 6) is 0. The summed E-state index contributed by atoms with van der Waals surface area (Å²) in [6.07, 6.45) is 2.39. The first-order chi connectivity index (χ1) is 7.85. The first-order valence-corrected chi connectivity index (χ1v) is 4.86. The van der Waals surface area contributed by atoms with E-state index in [1.54, 1.807) is 6.20 Å². The third kappa shape index (κ3) is 1.83. The Labute approximate surface area is 91.9 Å². The van der Waals surface area contributed by atoms with Crippen LogP contribution in [0.25, 0.3) is 21.3 Å². The number of nitriles is 1. The van der Waals surface area contributed by atoms with Crippen LogP contribution in [-0.2, 0) is 6.42 Å². The fraction of sp³-hybridized carbons (Fsp3) is 0.182. The van der Waals surface area contributed by atoms with E-state index in [0.29, 0.717) is 18.5 Å². The van der Waals surface area contributed by atoms with E-state index < -0.39 is 0 Å². The number of hydrogen-bond acceptors (Lipinski definition) is 2. The quantitative estimate of drug-likeness (QED) is 0.472. The Hall–Kier alpha value is -2.44. The molecule has 0 saturated carbocycles. The highest BCUT2D eigenvalue weighted by Gasteiger charge is 2.03. The highest BCUT2D eigenvalue weighted by Crippen LogP contribution is 2.19. The smallest absolute Gasteiger partial charge is 0.101 e. The molecule has 1 aromatic heterocycles. The molecule has 0 unspecified atom stereocenters. The molecule has 78 valence electrons. The highest BCUT2D eigenvalue weighted by molar-refractivity contribution is 5.86. The summed E-state index contributed by atoms with van der Waals surface area (Å²) in [4.78, 5) is 5.73. The summed E-state index contributed by atoms with van der Waals surface area (Å²) < 4.78 is 0. The molecule has 0 bridgehead atoms. The maximum Gasteiger partial charge on any atom is 0.101 e. The van der Waals surface area contributed by atoms with E-state index in [0.717, 1.165) is 16.5 Å². The van der Waals surface area contributed by atoms with E-state index in [-0.39, 0.29) is 0 Å². The van der Waals surface area contributed by atoms with Gasteiger partial charge in [-0.25, -0.2) is 0 Å². The standard InChI is InChI=1S/C11H9N5/c12-6-9-7-14-11-2-1-8(5-10(9)11)3-4-15-16-13/h1-2,5,7,14H,3-4H2. The molecular weight excluding hydrogens is 202 g/mol. The number of H-pyrrole nitrogens is 1. The van der Waals surface area contributed by atoms with Crippen LogP contribution in [0.1, 0.15) is 11.1 Å². The van der Waals surface area contributed by atoms with Gasteiger partial charge >= 0.3 is 0 Å². The van der Waals surface area contributed by atoms with Crippen molar-refractivity contribution in [3.63, 3.8) is 0 Å². The van der Waals surface area contributed by atoms with Crippen molar-refractivity contribution in [2.24, 2.45) is 5.11 Å². The molecule has 5 nitrogen and oxygen atoms in total. The Morgan fingerprint density at radius 2 is 2.38 bits per heavy atom. The first kappa shape index (κ1) is 10.1. The molecule has 5 heteroatoms. The van der Waals surface area contributed by atoms with Crippen LogP contribution >= 0.6 is 0 Å². The molecule has 0 saturated heterocycles. The Bertz CT molecular complexity index is 598. The molecule has 0 spiro atoms. The van der Waals surface area contributed by atoms with Crippen molar-refractivity contribution in [3.8, 4) is 6.07 Å². The van der Waals surface area contributed by atoms with Crippen molar-refractivity contribution in [2.75, 3.05) is 6.54 Å². The number of fused-ring (bicyclic) bond motifs is 1. The monoisotopic (exact) mass is 211 g/mol. The second kappa shape index (κ2) is 4.39. The van der Waals surface area contributed by atoms with Gasteiger partial charge in [0.15, 0.2) is 0 Å². The largest absolute Gasteiger partial charge is 0.360 e. The molecular formula is C11H9N5. The number of azide groups is 1. The van der Waals surface area contributed by atoms with E-state index in [1.165, 1.54) is 0 Å². The molecule has 1 heterocycles. The number of nitrogens with zero attached hydrogens (tertiary/aromatic N) is 4. The zero-order chi connectivity index (χ0) is 11.4. The van der Waals surface area contributed by atoms with Crippen LogP contribution in [0.15, 0.2) is 29.5 Å². The average molecular weight is 211 g/mol. The van der Waals surface area contributed by atoms with Gasteiger partial charge in [-0.05, 0) is 29.6 Å². The normalized spacial score (nSPS) is 9.69. The summed E-state index contributed by atoms with van der Waals surface area (Å²) in [5, 5.41) is 13.3. The summed E-state index contributed by atoms with van der Waals surface area (Å²) in [6, 6.07) is 7.98. The van der Waals surface area contributed by atoms with Crippen LogP contribution in [0, 0.1) is 11.3 Å². The van der Waals surface area contributed by atoms with Crippen molar-refractivity contribution in [1.82, 2.24) is 4.98 Å². The van der Waals surface area contributed by atoms with Gasteiger partial charge in [-0.1, -0.05) is 11.2 Å². The fourth-order valence-corrected chi connectivity index (χ4v) is 1.64. The molecule has 2 aromatic rings. The lowest BCUT2D eigenvalue weighted by Crippen LogP contribution is -1.88. The molecule has 0 aliphatic rings. The zero-order valence-corrected chi connectivity index (χ0v) is 8.51. The van der Waals surface area contributed by atoms with Crippen molar-refractivity contribution >= 4 is 10.9 Å². The number of nitrogens with one attached hydrogen (secondary N) is 1. The third-order valence-corrected chi connectivity index (χ3v) is 2.43. The number of benzene rings is 1. The lowest BCUT2D eigenvalue weighted by molar-refractivity contribution is 0.958. The summed E-state index contributed by atoms with van der Waals surface area (Å²) in [5.41, 5.74) is 10.8. The lowest BCUT2D eigenvalue weighted by atomic mass is 10.1. The second-order valence-electron chi connectivity index (χ2n) is 3.40. The number of aromatic nitrogens is 1. The Morgan fingerprint density at radius 3 is 3.12 bits per heavy atom. The minimum absolute atomic E-state index is 0.439.